The van der Waals surface area contributed by atoms with Gasteiger partial charge >= 0.3 is 7.82 Å². The van der Waals surface area contributed by atoms with Gasteiger partial charge in [0.25, 0.3) is 0 Å². The van der Waals surface area contributed by atoms with Gasteiger partial charge in [0.15, 0.2) is 0 Å². The quantitative estimate of drug-likeness (QED) is 0.188. The van der Waals surface area contributed by atoms with Crippen molar-refractivity contribution in [2.75, 3.05) is 0 Å². The fourth-order valence-electron chi connectivity index (χ4n) is 3.87. The van der Waals surface area contributed by atoms with E-state index in [-0.39, 0.29) is 6.10 Å². The Labute approximate surface area is 178 Å². The normalized spacial score (nSPS) is 13.0. The number of hydrogen-bond donors (Lipinski definition) is 2. The van der Waals surface area contributed by atoms with Gasteiger partial charge in [-0.05, 0) is 44.2 Å². The summed E-state index contributed by atoms with van der Waals surface area (Å²) in [5.74, 6) is 0. The van der Waals surface area contributed by atoms with Gasteiger partial charge in [0.2, 0.25) is 0 Å². The maximum atomic E-state index is 10.7. The molecule has 1 unspecified atom stereocenters. The minimum atomic E-state index is -4.32. The van der Waals surface area contributed by atoms with E-state index in [0.29, 0.717) is 0 Å². The average Bonchev–Trinajstić information content (AvgIpc) is 2.64. The summed E-state index contributed by atoms with van der Waals surface area (Å²) in [6.45, 7) is 3.93. The molecule has 1 atom stereocenters. The van der Waals surface area contributed by atoms with Crippen LogP contribution in [0.25, 0.3) is 0 Å². The number of benzene rings is 1. The third-order valence-corrected chi connectivity index (χ3v) is 6.27. The van der Waals surface area contributed by atoms with Crippen molar-refractivity contribution >= 4 is 7.82 Å². The number of rotatable bonds is 18. The van der Waals surface area contributed by atoms with Crippen LogP contribution in [0.2, 0.25) is 0 Å². The predicted molar refractivity (Wildman–Crippen MR) is 122 cm³/mol. The van der Waals surface area contributed by atoms with E-state index in [1.165, 1.54) is 88.2 Å². The first kappa shape index (κ1) is 26.4. The SMILES string of the molecule is Cc1ccccc1CCCCCCCCCCCCCCCC(C)OP(=O)(O)O. The second kappa shape index (κ2) is 16.1. The summed E-state index contributed by atoms with van der Waals surface area (Å²) in [4.78, 5) is 17.5. The van der Waals surface area contributed by atoms with Gasteiger partial charge < -0.3 is 9.79 Å². The van der Waals surface area contributed by atoms with Crippen molar-refractivity contribution < 1.29 is 18.9 Å². The summed E-state index contributed by atoms with van der Waals surface area (Å²) in [6, 6.07) is 8.74. The molecule has 0 aliphatic rings. The minimum absolute atomic E-state index is 0.363. The molecule has 1 aromatic carbocycles. The molecule has 0 heterocycles. The fraction of sp³-hybridized carbons (Fsp3) is 0.750. The molecule has 0 aliphatic carbocycles. The summed E-state index contributed by atoms with van der Waals surface area (Å²) in [6.07, 6.45) is 18.3. The molecule has 168 valence electrons. The summed E-state index contributed by atoms with van der Waals surface area (Å²) in [5.41, 5.74) is 2.94. The first-order valence-electron chi connectivity index (χ1n) is 11.7. The van der Waals surface area contributed by atoms with Crippen molar-refractivity contribution in [2.45, 2.75) is 116 Å². The first-order valence-corrected chi connectivity index (χ1v) is 13.2. The molecule has 0 spiro atoms. The highest BCUT2D eigenvalue weighted by atomic mass is 31.2. The summed E-state index contributed by atoms with van der Waals surface area (Å²) in [7, 11) is -4.32. The van der Waals surface area contributed by atoms with Crippen LogP contribution in [-0.2, 0) is 15.5 Å². The molecule has 0 radical (unpaired) electrons. The summed E-state index contributed by atoms with van der Waals surface area (Å²) < 4.78 is 15.4. The number of phosphoric acid groups is 1. The van der Waals surface area contributed by atoms with E-state index in [9.17, 15) is 4.57 Å². The lowest BCUT2D eigenvalue weighted by molar-refractivity contribution is 0.136. The van der Waals surface area contributed by atoms with Gasteiger partial charge in [0.05, 0.1) is 6.10 Å². The maximum absolute atomic E-state index is 10.7. The van der Waals surface area contributed by atoms with Crippen LogP contribution in [0.4, 0.5) is 0 Å². The Morgan fingerprint density at radius 2 is 1.24 bits per heavy atom. The van der Waals surface area contributed by atoms with Crippen LogP contribution in [0, 0.1) is 6.92 Å². The maximum Gasteiger partial charge on any atom is 0.469 e. The van der Waals surface area contributed by atoms with Crippen LogP contribution in [0.15, 0.2) is 24.3 Å². The second-order valence-corrected chi connectivity index (χ2v) is 9.66. The molecule has 0 fully saturated rings. The number of phosphoric ester groups is 1. The van der Waals surface area contributed by atoms with E-state index in [0.717, 1.165) is 19.3 Å². The van der Waals surface area contributed by atoms with E-state index in [1.807, 2.05) is 0 Å². The Morgan fingerprint density at radius 3 is 1.72 bits per heavy atom. The van der Waals surface area contributed by atoms with Crippen LogP contribution in [0.5, 0.6) is 0 Å². The van der Waals surface area contributed by atoms with E-state index < -0.39 is 7.82 Å². The molecule has 1 aromatic rings. The third-order valence-electron chi connectivity index (χ3n) is 5.64. The van der Waals surface area contributed by atoms with Gasteiger partial charge in [0.1, 0.15) is 0 Å². The molecule has 5 heteroatoms. The lowest BCUT2D eigenvalue weighted by Crippen LogP contribution is -2.05. The van der Waals surface area contributed by atoms with Crippen LogP contribution < -0.4 is 0 Å². The first-order chi connectivity index (χ1) is 13.9. The molecular weight excluding hydrogens is 383 g/mol. The minimum Gasteiger partial charge on any atom is -0.303 e. The summed E-state index contributed by atoms with van der Waals surface area (Å²) in [5, 5.41) is 0. The largest absolute Gasteiger partial charge is 0.469 e. The Bertz CT molecular complexity index is 570. The zero-order valence-electron chi connectivity index (χ0n) is 18.7. The number of aryl methyl sites for hydroxylation is 2. The second-order valence-electron chi connectivity index (χ2n) is 8.47. The highest BCUT2D eigenvalue weighted by Crippen LogP contribution is 2.38. The van der Waals surface area contributed by atoms with Crippen LogP contribution in [-0.4, -0.2) is 15.9 Å². The molecule has 0 aliphatic heterocycles. The van der Waals surface area contributed by atoms with Crippen molar-refractivity contribution in [3.63, 3.8) is 0 Å². The van der Waals surface area contributed by atoms with E-state index in [2.05, 4.69) is 35.7 Å². The molecular formula is C24H43O4P. The number of hydrogen-bond acceptors (Lipinski definition) is 2. The molecule has 0 saturated heterocycles. The molecule has 0 saturated carbocycles. The van der Waals surface area contributed by atoms with Crippen molar-refractivity contribution in [3.05, 3.63) is 35.4 Å². The highest BCUT2D eigenvalue weighted by molar-refractivity contribution is 7.46. The van der Waals surface area contributed by atoms with Crippen molar-refractivity contribution in [1.82, 2.24) is 0 Å². The van der Waals surface area contributed by atoms with E-state index >= 15 is 0 Å². The van der Waals surface area contributed by atoms with Crippen LogP contribution >= 0.6 is 7.82 Å². The van der Waals surface area contributed by atoms with Gasteiger partial charge in [-0.1, -0.05) is 101 Å². The molecule has 0 amide bonds. The van der Waals surface area contributed by atoms with Crippen molar-refractivity contribution in [2.24, 2.45) is 0 Å². The highest BCUT2D eigenvalue weighted by Gasteiger charge is 2.18. The Balaban J connectivity index is 1.79. The van der Waals surface area contributed by atoms with Gasteiger partial charge in [-0.15, -0.1) is 0 Å². The molecule has 0 bridgehead atoms. The molecule has 2 N–H and O–H groups in total. The van der Waals surface area contributed by atoms with E-state index in [1.54, 1.807) is 6.92 Å². The molecule has 1 rings (SSSR count). The average molecular weight is 427 g/mol. The Hall–Kier alpha value is -0.670. The van der Waals surface area contributed by atoms with Gasteiger partial charge in [0, 0.05) is 0 Å². The standard InChI is InChI=1S/C24H43O4P/c1-22-18-16-17-21-24(22)20-15-13-11-9-7-5-3-4-6-8-10-12-14-19-23(2)28-29(25,26)27/h16-18,21,23H,3-15,19-20H2,1-2H3,(H2,25,26,27). The van der Waals surface area contributed by atoms with Gasteiger partial charge in [-0.25, -0.2) is 4.57 Å². The Morgan fingerprint density at radius 1 is 0.793 bits per heavy atom. The summed E-state index contributed by atoms with van der Waals surface area (Å²) >= 11 is 0. The van der Waals surface area contributed by atoms with Crippen LogP contribution in [0.3, 0.4) is 0 Å². The van der Waals surface area contributed by atoms with E-state index in [4.69, 9.17) is 9.79 Å². The zero-order valence-corrected chi connectivity index (χ0v) is 19.5. The monoisotopic (exact) mass is 426 g/mol. The third kappa shape index (κ3) is 15.8. The van der Waals surface area contributed by atoms with Crippen LogP contribution in [0.1, 0.15) is 108 Å². The molecule has 0 aromatic heterocycles. The Kier molecular flexibility index (Phi) is 14.6. The fourth-order valence-corrected chi connectivity index (χ4v) is 4.44. The van der Waals surface area contributed by atoms with Crippen molar-refractivity contribution in [1.29, 1.82) is 0 Å². The predicted octanol–water partition coefficient (Wildman–Crippen LogP) is 7.50. The van der Waals surface area contributed by atoms with Crippen molar-refractivity contribution in [3.8, 4) is 0 Å². The zero-order chi connectivity index (χ0) is 21.4. The lowest BCUT2D eigenvalue weighted by Gasteiger charge is -2.13. The van der Waals surface area contributed by atoms with Gasteiger partial charge in [-0.3, -0.25) is 4.52 Å². The smallest absolute Gasteiger partial charge is 0.303 e. The lowest BCUT2D eigenvalue weighted by atomic mass is 10.0. The topological polar surface area (TPSA) is 66.8 Å². The number of unbranched alkanes of at least 4 members (excludes halogenated alkanes) is 12. The molecule has 4 nitrogen and oxygen atoms in total. The van der Waals surface area contributed by atoms with Gasteiger partial charge in [-0.2, -0.15) is 0 Å². The molecule has 29 heavy (non-hydrogen) atoms.